The zero-order valence-electron chi connectivity index (χ0n) is 19.7. The molecule has 0 saturated heterocycles. The predicted octanol–water partition coefficient (Wildman–Crippen LogP) is 2.76. The number of methoxy groups -OCH3 is 3. The Bertz CT molecular complexity index is 1290. The number of hydrogen-bond donors (Lipinski definition) is 0. The molecule has 0 atom stereocenters. The molecule has 1 amide bonds. The normalized spacial score (nSPS) is 12.6. The van der Waals surface area contributed by atoms with Gasteiger partial charge in [0.25, 0.3) is 5.91 Å². The highest BCUT2D eigenvalue weighted by Gasteiger charge is 2.24. The van der Waals surface area contributed by atoms with Crippen molar-refractivity contribution in [1.82, 2.24) is 8.87 Å². The number of hydrogen-bond acceptors (Lipinski definition) is 7. The number of sulfonamides is 1. The molecule has 0 spiro atoms. The molecule has 1 heterocycles. The Hall–Kier alpha value is -2.57. The molecule has 1 aromatic heterocycles. The first kappa shape index (κ1) is 26.0. The molecule has 0 N–H and O–H groups in total. The van der Waals surface area contributed by atoms with E-state index in [1.807, 2.05) is 29.7 Å². The summed E-state index contributed by atoms with van der Waals surface area (Å²) in [6, 6.07) is 11.5. The molecule has 184 valence electrons. The van der Waals surface area contributed by atoms with E-state index in [1.165, 1.54) is 54.1 Å². The molecule has 0 radical (unpaired) electrons. The molecule has 0 saturated carbocycles. The van der Waals surface area contributed by atoms with Crippen molar-refractivity contribution < 1.29 is 27.4 Å². The summed E-state index contributed by atoms with van der Waals surface area (Å²) in [5.74, 6) is 0.262. The summed E-state index contributed by atoms with van der Waals surface area (Å²) in [6.45, 7) is 3.50. The molecule has 0 bridgehead atoms. The summed E-state index contributed by atoms with van der Waals surface area (Å²) in [6.07, 6.45) is 0. The van der Waals surface area contributed by atoms with E-state index < -0.39 is 15.9 Å². The van der Waals surface area contributed by atoms with Crippen LogP contribution in [0.2, 0.25) is 0 Å². The van der Waals surface area contributed by atoms with Crippen LogP contribution in [0.5, 0.6) is 5.75 Å². The van der Waals surface area contributed by atoms with Gasteiger partial charge in [0.15, 0.2) is 4.80 Å². The number of thiazole rings is 1. The molecule has 3 aromatic rings. The van der Waals surface area contributed by atoms with Crippen LogP contribution in [0.1, 0.15) is 17.3 Å². The summed E-state index contributed by atoms with van der Waals surface area (Å²) in [4.78, 5) is 17.8. The van der Waals surface area contributed by atoms with Gasteiger partial charge in [0.2, 0.25) is 10.0 Å². The lowest BCUT2D eigenvalue weighted by atomic mass is 10.2. The zero-order chi connectivity index (χ0) is 24.7. The Morgan fingerprint density at radius 2 is 1.68 bits per heavy atom. The lowest BCUT2D eigenvalue weighted by Gasteiger charge is -2.21. The largest absolute Gasteiger partial charge is 0.495 e. The summed E-state index contributed by atoms with van der Waals surface area (Å²) in [5, 5.41) is 0. The fourth-order valence-electron chi connectivity index (χ4n) is 3.45. The standard InChI is InChI=1S/C23H29N3O6S2/c1-5-26-21-19(32-4)7-6-8-20(21)33-23(26)24-22(27)17-9-11-18(12-10-17)34(28,29)25(13-15-30-2)14-16-31-3/h6-12H,5,13-16H2,1-4H3. The molecule has 34 heavy (non-hydrogen) atoms. The van der Waals surface area contributed by atoms with Crippen molar-refractivity contribution in [3.63, 3.8) is 0 Å². The van der Waals surface area contributed by atoms with Crippen LogP contribution >= 0.6 is 11.3 Å². The number of carbonyl (C=O) groups is 1. The van der Waals surface area contributed by atoms with Crippen molar-refractivity contribution in [2.45, 2.75) is 18.4 Å². The minimum atomic E-state index is -3.77. The van der Waals surface area contributed by atoms with Gasteiger partial charge in [0.1, 0.15) is 11.3 Å². The first-order valence-corrected chi connectivity index (χ1v) is 13.0. The molecule has 0 aliphatic carbocycles. The minimum absolute atomic E-state index is 0.0893. The fourth-order valence-corrected chi connectivity index (χ4v) is 5.97. The predicted molar refractivity (Wildman–Crippen MR) is 131 cm³/mol. The van der Waals surface area contributed by atoms with Crippen molar-refractivity contribution in [3.8, 4) is 5.75 Å². The van der Waals surface area contributed by atoms with Gasteiger partial charge in [-0.2, -0.15) is 9.30 Å². The van der Waals surface area contributed by atoms with Gasteiger partial charge in [0.05, 0.1) is 29.9 Å². The van der Waals surface area contributed by atoms with Crippen molar-refractivity contribution in [2.24, 2.45) is 4.99 Å². The highest BCUT2D eigenvalue weighted by molar-refractivity contribution is 7.89. The molecular formula is C23H29N3O6S2. The number of aromatic nitrogens is 1. The molecule has 0 aliphatic rings. The summed E-state index contributed by atoms with van der Waals surface area (Å²) >= 11 is 1.40. The Morgan fingerprint density at radius 3 is 2.24 bits per heavy atom. The van der Waals surface area contributed by atoms with E-state index in [0.717, 1.165) is 10.2 Å². The quantitative estimate of drug-likeness (QED) is 0.396. The summed E-state index contributed by atoms with van der Waals surface area (Å²) in [7, 11) is 0.867. The molecule has 9 nitrogen and oxygen atoms in total. The van der Waals surface area contributed by atoms with Gasteiger partial charge in [-0.1, -0.05) is 17.4 Å². The van der Waals surface area contributed by atoms with E-state index in [4.69, 9.17) is 14.2 Å². The second-order valence-electron chi connectivity index (χ2n) is 7.27. The second kappa shape index (κ2) is 11.7. The Kier molecular flexibility index (Phi) is 8.97. The van der Waals surface area contributed by atoms with E-state index in [9.17, 15) is 13.2 Å². The topological polar surface area (TPSA) is 99.4 Å². The van der Waals surface area contributed by atoms with Crippen LogP contribution < -0.4 is 9.54 Å². The van der Waals surface area contributed by atoms with Gasteiger partial charge >= 0.3 is 0 Å². The third-order valence-electron chi connectivity index (χ3n) is 5.23. The Morgan fingerprint density at radius 1 is 1.03 bits per heavy atom. The van der Waals surface area contributed by atoms with E-state index in [2.05, 4.69) is 4.99 Å². The smallest absolute Gasteiger partial charge is 0.279 e. The number of benzene rings is 2. The van der Waals surface area contributed by atoms with Crippen LogP contribution in [0.4, 0.5) is 0 Å². The van der Waals surface area contributed by atoms with Crippen LogP contribution in [-0.2, 0) is 26.0 Å². The van der Waals surface area contributed by atoms with Gasteiger partial charge in [-0.25, -0.2) is 8.42 Å². The number of nitrogens with zero attached hydrogens (tertiary/aromatic N) is 3. The monoisotopic (exact) mass is 507 g/mol. The maximum absolute atomic E-state index is 13.1. The third kappa shape index (κ3) is 5.56. The highest BCUT2D eigenvalue weighted by atomic mass is 32.2. The summed E-state index contributed by atoms with van der Waals surface area (Å²) in [5.41, 5.74) is 1.18. The minimum Gasteiger partial charge on any atom is -0.495 e. The SMILES string of the molecule is CCn1c(=NC(=O)c2ccc(S(=O)(=O)N(CCOC)CCOC)cc2)sc2cccc(OC)c21. The van der Waals surface area contributed by atoms with Gasteiger partial charge in [-0.3, -0.25) is 4.79 Å². The van der Waals surface area contributed by atoms with E-state index >= 15 is 0 Å². The number of para-hydroxylation sites is 1. The summed E-state index contributed by atoms with van der Waals surface area (Å²) < 4.78 is 45.8. The number of aryl methyl sites for hydroxylation is 1. The van der Waals surface area contributed by atoms with Gasteiger partial charge in [-0.05, 0) is 43.3 Å². The first-order chi connectivity index (χ1) is 16.4. The number of carbonyl (C=O) groups excluding carboxylic acids is 1. The lowest BCUT2D eigenvalue weighted by Crippen LogP contribution is -2.36. The average molecular weight is 508 g/mol. The van der Waals surface area contributed by atoms with E-state index in [1.54, 1.807) is 7.11 Å². The van der Waals surface area contributed by atoms with Crippen LogP contribution in [0.25, 0.3) is 10.2 Å². The van der Waals surface area contributed by atoms with Crippen LogP contribution in [-0.4, -0.2) is 70.8 Å². The molecule has 3 rings (SSSR count). The van der Waals surface area contributed by atoms with Crippen molar-refractivity contribution in [1.29, 1.82) is 0 Å². The molecule has 11 heteroatoms. The van der Waals surface area contributed by atoms with Crippen molar-refractivity contribution in [3.05, 3.63) is 52.8 Å². The van der Waals surface area contributed by atoms with Gasteiger partial charge in [0, 0.05) is 39.4 Å². The fraction of sp³-hybridized carbons (Fsp3) is 0.391. The Balaban J connectivity index is 1.91. The van der Waals surface area contributed by atoms with Crippen molar-refractivity contribution in [2.75, 3.05) is 47.6 Å². The number of rotatable bonds is 11. The molecule has 2 aromatic carbocycles. The van der Waals surface area contributed by atoms with Crippen LogP contribution in [0, 0.1) is 0 Å². The van der Waals surface area contributed by atoms with Gasteiger partial charge < -0.3 is 18.8 Å². The molecule has 0 unspecified atom stereocenters. The molecular weight excluding hydrogens is 478 g/mol. The Labute approximate surface area is 203 Å². The van der Waals surface area contributed by atoms with E-state index in [0.29, 0.717) is 22.7 Å². The maximum atomic E-state index is 13.1. The highest BCUT2D eigenvalue weighted by Crippen LogP contribution is 2.27. The number of ether oxygens (including phenoxy) is 3. The average Bonchev–Trinajstić information content (AvgIpc) is 3.21. The van der Waals surface area contributed by atoms with Gasteiger partial charge in [-0.15, -0.1) is 0 Å². The van der Waals surface area contributed by atoms with Crippen LogP contribution in [0.3, 0.4) is 0 Å². The molecule has 0 fully saturated rings. The third-order valence-corrected chi connectivity index (χ3v) is 8.18. The maximum Gasteiger partial charge on any atom is 0.279 e. The number of amides is 1. The van der Waals surface area contributed by atoms with Crippen molar-refractivity contribution >= 4 is 37.5 Å². The first-order valence-electron chi connectivity index (χ1n) is 10.7. The lowest BCUT2D eigenvalue weighted by molar-refractivity contribution is 0.0997. The second-order valence-corrected chi connectivity index (χ2v) is 10.2. The number of fused-ring (bicyclic) bond motifs is 1. The van der Waals surface area contributed by atoms with E-state index in [-0.39, 0.29) is 31.2 Å². The molecule has 0 aliphatic heterocycles. The van der Waals surface area contributed by atoms with Crippen LogP contribution in [0.15, 0.2) is 52.4 Å². The zero-order valence-corrected chi connectivity index (χ0v) is 21.3.